The molecule has 0 amide bonds. The molecule has 0 fully saturated rings. The second-order valence-corrected chi connectivity index (χ2v) is 4.28. The zero-order chi connectivity index (χ0) is 13.2. The van der Waals surface area contributed by atoms with Gasteiger partial charge in [0.1, 0.15) is 0 Å². The fourth-order valence-corrected chi connectivity index (χ4v) is 1.85. The fourth-order valence-electron chi connectivity index (χ4n) is 1.85. The van der Waals surface area contributed by atoms with Crippen LogP contribution in [-0.2, 0) is 6.54 Å². The van der Waals surface area contributed by atoms with Crippen LogP contribution in [0, 0.1) is 6.92 Å². The van der Waals surface area contributed by atoms with Gasteiger partial charge in [-0.1, -0.05) is 24.3 Å². The normalized spacial score (nSPS) is 11.8. The largest absolute Gasteiger partial charge is 0.325 e. The third-order valence-corrected chi connectivity index (χ3v) is 2.83. The quantitative estimate of drug-likeness (QED) is 0.907. The van der Waals surface area contributed by atoms with E-state index in [9.17, 15) is 8.78 Å². The van der Waals surface area contributed by atoms with E-state index >= 15 is 0 Å². The molecule has 96 valence electrons. The molecule has 0 aliphatic carbocycles. The highest BCUT2D eigenvalue weighted by Gasteiger charge is 2.28. The number of benzene rings is 1. The van der Waals surface area contributed by atoms with E-state index in [1.165, 1.54) is 10.9 Å². The van der Waals surface area contributed by atoms with Crippen LogP contribution in [0.3, 0.4) is 0 Å². The molecule has 0 aliphatic heterocycles. The zero-order valence-electron chi connectivity index (χ0n) is 10.1. The van der Waals surface area contributed by atoms with Gasteiger partial charge in [0.05, 0.1) is 31.3 Å². The van der Waals surface area contributed by atoms with Gasteiger partial charge < -0.3 is 10.3 Å². The minimum absolute atomic E-state index is 0.451. The molecule has 0 spiro atoms. The zero-order valence-corrected chi connectivity index (χ0v) is 10.1. The van der Waals surface area contributed by atoms with Gasteiger partial charge in [-0.3, -0.25) is 0 Å². The van der Waals surface area contributed by atoms with Crippen molar-refractivity contribution in [2.24, 2.45) is 5.73 Å². The van der Waals surface area contributed by atoms with E-state index in [4.69, 9.17) is 5.73 Å². The molecule has 0 atom stereocenters. The van der Waals surface area contributed by atoms with Crippen LogP contribution >= 0.6 is 0 Å². The van der Waals surface area contributed by atoms with Crippen molar-refractivity contribution < 1.29 is 8.78 Å². The number of hydrogen-bond donors (Lipinski definition) is 1. The van der Waals surface area contributed by atoms with Crippen molar-refractivity contribution in [1.29, 1.82) is 0 Å². The van der Waals surface area contributed by atoms with E-state index in [0.717, 1.165) is 11.1 Å². The monoisotopic (exact) mass is 251 g/mol. The molecule has 2 N–H and O–H groups in total. The molecule has 1 aromatic heterocycles. The van der Waals surface area contributed by atoms with Gasteiger partial charge in [0, 0.05) is 5.56 Å². The Morgan fingerprint density at radius 2 is 2.06 bits per heavy atom. The lowest BCUT2D eigenvalue weighted by Gasteiger charge is -2.17. The Kier molecular flexibility index (Phi) is 3.43. The number of halogens is 2. The molecule has 2 rings (SSSR count). The van der Waals surface area contributed by atoms with E-state index < -0.39 is 19.0 Å². The molecule has 0 aliphatic rings. The van der Waals surface area contributed by atoms with Crippen molar-refractivity contribution in [1.82, 2.24) is 9.55 Å². The lowest BCUT2D eigenvalue weighted by molar-refractivity contribution is -0.00624. The molecule has 18 heavy (non-hydrogen) atoms. The minimum atomic E-state index is -2.92. The highest BCUT2D eigenvalue weighted by molar-refractivity contribution is 5.63. The van der Waals surface area contributed by atoms with Gasteiger partial charge in [0.2, 0.25) is 0 Å². The molecule has 0 radical (unpaired) electrons. The van der Waals surface area contributed by atoms with Crippen LogP contribution in [-0.4, -0.2) is 22.0 Å². The minimum Gasteiger partial charge on any atom is -0.325 e. The van der Waals surface area contributed by atoms with Crippen LogP contribution in [0.25, 0.3) is 11.3 Å². The molecule has 5 heteroatoms. The Morgan fingerprint density at radius 1 is 1.33 bits per heavy atom. The van der Waals surface area contributed by atoms with Gasteiger partial charge in [-0.25, -0.2) is 13.8 Å². The van der Waals surface area contributed by atoms with E-state index in [0.29, 0.717) is 5.69 Å². The molecule has 2 aromatic rings. The van der Waals surface area contributed by atoms with Crippen molar-refractivity contribution in [2.45, 2.75) is 19.4 Å². The number of imidazole rings is 1. The van der Waals surface area contributed by atoms with Gasteiger partial charge in [0.15, 0.2) is 0 Å². The predicted octanol–water partition coefficient (Wildman–Crippen LogP) is 2.45. The molecule has 3 nitrogen and oxygen atoms in total. The first kappa shape index (κ1) is 12.7. The summed E-state index contributed by atoms with van der Waals surface area (Å²) in [6.07, 6.45) is 3.00. The molecule has 1 aromatic carbocycles. The summed E-state index contributed by atoms with van der Waals surface area (Å²) in [6.45, 7) is 0.819. The van der Waals surface area contributed by atoms with E-state index in [1.807, 2.05) is 31.2 Å². The Hall–Kier alpha value is -1.75. The third kappa shape index (κ3) is 2.56. The molecule has 0 saturated heterocycles. The standard InChI is InChI=1S/C13H15F2N3/c1-10-4-2-3-5-11(10)12-6-17-9-18(12)8-13(14,15)7-16/h2-6,9H,7-8,16H2,1H3. The third-order valence-electron chi connectivity index (χ3n) is 2.83. The lowest BCUT2D eigenvalue weighted by atomic mass is 10.1. The Morgan fingerprint density at radius 3 is 2.72 bits per heavy atom. The van der Waals surface area contributed by atoms with Crippen molar-refractivity contribution >= 4 is 0 Å². The van der Waals surface area contributed by atoms with Gasteiger partial charge in [-0.05, 0) is 12.5 Å². The summed E-state index contributed by atoms with van der Waals surface area (Å²) in [6, 6.07) is 7.62. The number of alkyl halides is 2. The Bertz CT molecular complexity index is 535. The van der Waals surface area contributed by atoms with E-state index in [-0.39, 0.29) is 0 Å². The number of aromatic nitrogens is 2. The van der Waals surface area contributed by atoms with Crippen LogP contribution in [0.4, 0.5) is 8.78 Å². The van der Waals surface area contributed by atoms with Gasteiger partial charge >= 0.3 is 0 Å². The summed E-state index contributed by atoms with van der Waals surface area (Å²) in [4.78, 5) is 3.95. The van der Waals surface area contributed by atoms with Crippen LogP contribution in [0.1, 0.15) is 5.56 Å². The maximum atomic E-state index is 13.3. The average Bonchev–Trinajstić information content (AvgIpc) is 2.77. The Labute approximate surface area is 104 Å². The summed E-state index contributed by atoms with van der Waals surface area (Å²) in [5.74, 6) is -2.92. The van der Waals surface area contributed by atoms with Crippen LogP contribution in [0.2, 0.25) is 0 Å². The average molecular weight is 251 g/mol. The number of aryl methyl sites for hydroxylation is 1. The maximum absolute atomic E-state index is 13.3. The maximum Gasteiger partial charge on any atom is 0.277 e. The van der Waals surface area contributed by atoms with E-state index in [1.54, 1.807) is 6.20 Å². The second kappa shape index (κ2) is 4.86. The number of nitrogens with two attached hydrogens (primary N) is 1. The smallest absolute Gasteiger partial charge is 0.277 e. The first-order valence-electron chi connectivity index (χ1n) is 5.67. The summed E-state index contributed by atoms with van der Waals surface area (Å²) in [7, 11) is 0. The summed E-state index contributed by atoms with van der Waals surface area (Å²) in [5, 5.41) is 0. The summed E-state index contributed by atoms with van der Waals surface area (Å²) in [5.41, 5.74) is 7.67. The van der Waals surface area contributed by atoms with Crippen LogP contribution < -0.4 is 5.73 Å². The summed E-state index contributed by atoms with van der Waals surface area (Å²) < 4.78 is 28.1. The van der Waals surface area contributed by atoms with Crippen molar-refractivity contribution in [3.05, 3.63) is 42.4 Å². The highest BCUT2D eigenvalue weighted by Crippen LogP contribution is 2.25. The topological polar surface area (TPSA) is 43.8 Å². The Balaban J connectivity index is 2.37. The van der Waals surface area contributed by atoms with E-state index in [2.05, 4.69) is 4.98 Å². The second-order valence-electron chi connectivity index (χ2n) is 4.28. The molecule has 0 saturated carbocycles. The SMILES string of the molecule is Cc1ccccc1-c1cncn1CC(F)(F)CN. The highest BCUT2D eigenvalue weighted by atomic mass is 19.3. The summed E-state index contributed by atoms with van der Waals surface area (Å²) >= 11 is 0. The van der Waals surface area contributed by atoms with Gasteiger partial charge in [0.25, 0.3) is 5.92 Å². The fraction of sp³-hybridized carbons (Fsp3) is 0.308. The number of nitrogens with zero attached hydrogens (tertiary/aromatic N) is 2. The molecule has 0 unspecified atom stereocenters. The number of rotatable bonds is 4. The van der Waals surface area contributed by atoms with Gasteiger partial charge in [-0.15, -0.1) is 0 Å². The lowest BCUT2D eigenvalue weighted by Crippen LogP contribution is -2.32. The van der Waals surface area contributed by atoms with Crippen molar-refractivity contribution in [3.8, 4) is 11.3 Å². The number of hydrogen-bond acceptors (Lipinski definition) is 2. The predicted molar refractivity (Wildman–Crippen MR) is 66.4 cm³/mol. The first-order chi connectivity index (χ1) is 8.53. The first-order valence-corrected chi connectivity index (χ1v) is 5.67. The van der Waals surface area contributed by atoms with Gasteiger partial charge in [-0.2, -0.15) is 0 Å². The molecular weight excluding hydrogens is 236 g/mol. The molecule has 1 heterocycles. The molecule has 0 bridgehead atoms. The van der Waals surface area contributed by atoms with Crippen molar-refractivity contribution in [3.63, 3.8) is 0 Å². The molecular formula is C13H15F2N3. The van der Waals surface area contributed by atoms with Crippen molar-refractivity contribution in [2.75, 3.05) is 6.54 Å². The van der Waals surface area contributed by atoms with Crippen LogP contribution in [0.5, 0.6) is 0 Å². The van der Waals surface area contributed by atoms with Crippen LogP contribution in [0.15, 0.2) is 36.8 Å².